The molecule has 3 aromatic rings. The molecule has 120 valence electrons. The Morgan fingerprint density at radius 3 is 2.46 bits per heavy atom. The summed E-state index contributed by atoms with van der Waals surface area (Å²) >= 11 is 0. The monoisotopic (exact) mass is 319 g/mol. The minimum absolute atomic E-state index is 0.170. The maximum atomic E-state index is 12.3. The fourth-order valence-corrected chi connectivity index (χ4v) is 2.73. The van der Waals surface area contributed by atoms with Crippen LogP contribution < -0.4 is 5.32 Å². The van der Waals surface area contributed by atoms with Crippen LogP contribution in [0.3, 0.4) is 0 Å². The summed E-state index contributed by atoms with van der Waals surface area (Å²) in [5.74, 6) is -1.17. The zero-order chi connectivity index (χ0) is 17.1. The normalized spacial score (nSPS) is 10.5. The van der Waals surface area contributed by atoms with E-state index < -0.39 is 5.97 Å². The Kier molecular flexibility index (Phi) is 4.29. The van der Waals surface area contributed by atoms with E-state index in [1.807, 2.05) is 42.5 Å². The fraction of sp³-hybridized carbons (Fsp3) is 0.100. The molecule has 3 rings (SSSR count). The third kappa shape index (κ3) is 3.27. The van der Waals surface area contributed by atoms with Crippen LogP contribution in [0.15, 0.2) is 60.7 Å². The Labute approximate surface area is 139 Å². The van der Waals surface area contributed by atoms with Crippen molar-refractivity contribution >= 4 is 28.3 Å². The third-order valence-corrected chi connectivity index (χ3v) is 4.02. The van der Waals surface area contributed by atoms with E-state index in [4.69, 9.17) is 5.11 Å². The topological polar surface area (TPSA) is 66.4 Å². The molecule has 0 spiro atoms. The van der Waals surface area contributed by atoms with Gasteiger partial charge in [0.05, 0.1) is 12.0 Å². The number of nitrogens with one attached hydrogen (secondary N) is 1. The van der Waals surface area contributed by atoms with Crippen LogP contribution in [0.25, 0.3) is 10.8 Å². The lowest BCUT2D eigenvalue weighted by atomic mass is 10.0. The van der Waals surface area contributed by atoms with Crippen molar-refractivity contribution in [2.45, 2.75) is 13.3 Å². The zero-order valence-corrected chi connectivity index (χ0v) is 13.2. The second kappa shape index (κ2) is 6.54. The van der Waals surface area contributed by atoms with Crippen LogP contribution >= 0.6 is 0 Å². The summed E-state index contributed by atoms with van der Waals surface area (Å²) in [7, 11) is 0. The highest BCUT2D eigenvalue weighted by molar-refractivity contribution is 5.97. The third-order valence-electron chi connectivity index (χ3n) is 4.02. The van der Waals surface area contributed by atoms with Crippen molar-refractivity contribution in [2.24, 2.45) is 0 Å². The van der Waals surface area contributed by atoms with Crippen LogP contribution in [0, 0.1) is 6.92 Å². The molecule has 0 fully saturated rings. The van der Waals surface area contributed by atoms with Crippen molar-refractivity contribution < 1.29 is 14.7 Å². The average Bonchev–Trinajstić information content (AvgIpc) is 2.56. The van der Waals surface area contributed by atoms with Crippen LogP contribution in [0.2, 0.25) is 0 Å². The van der Waals surface area contributed by atoms with Gasteiger partial charge in [-0.1, -0.05) is 48.5 Å². The molecule has 0 heterocycles. The molecule has 24 heavy (non-hydrogen) atoms. The molecule has 4 nitrogen and oxygen atoms in total. The van der Waals surface area contributed by atoms with Crippen molar-refractivity contribution in [2.75, 3.05) is 5.32 Å². The summed E-state index contributed by atoms with van der Waals surface area (Å²) in [5.41, 5.74) is 2.19. The van der Waals surface area contributed by atoms with Gasteiger partial charge >= 0.3 is 5.97 Å². The Hall–Kier alpha value is -3.14. The van der Waals surface area contributed by atoms with Gasteiger partial charge in [0.1, 0.15) is 0 Å². The summed E-state index contributed by atoms with van der Waals surface area (Å²) in [6, 6.07) is 18.8. The fourth-order valence-electron chi connectivity index (χ4n) is 2.73. The molecule has 0 bridgehead atoms. The molecule has 0 aromatic heterocycles. The van der Waals surface area contributed by atoms with Crippen molar-refractivity contribution in [1.29, 1.82) is 0 Å². The molecule has 0 aliphatic heterocycles. The van der Waals surface area contributed by atoms with Gasteiger partial charge in [-0.3, -0.25) is 4.79 Å². The molecule has 0 aliphatic carbocycles. The van der Waals surface area contributed by atoms with E-state index in [1.54, 1.807) is 19.1 Å². The summed E-state index contributed by atoms with van der Waals surface area (Å²) < 4.78 is 0. The van der Waals surface area contributed by atoms with Gasteiger partial charge in [-0.05, 0) is 41.0 Å². The molecule has 0 aliphatic rings. The second-order valence-electron chi connectivity index (χ2n) is 5.69. The first-order chi connectivity index (χ1) is 11.5. The van der Waals surface area contributed by atoms with E-state index in [0.717, 1.165) is 16.3 Å². The first-order valence-corrected chi connectivity index (χ1v) is 7.65. The number of carbonyl (C=O) groups is 2. The smallest absolute Gasteiger partial charge is 0.336 e. The van der Waals surface area contributed by atoms with E-state index in [9.17, 15) is 9.59 Å². The van der Waals surface area contributed by atoms with Gasteiger partial charge in [0.25, 0.3) is 0 Å². The van der Waals surface area contributed by atoms with Crippen molar-refractivity contribution in [3.05, 3.63) is 77.4 Å². The van der Waals surface area contributed by atoms with Gasteiger partial charge in [-0.25, -0.2) is 4.79 Å². The molecule has 0 atom stereocenters. The first kappa shape index (κ1) is 15.7. The number of aromatic carboxylic acids is 1. The Morgan fingerprint density at radius 1 is 0.958 bits per heavy atom. The molecule has 0 saturated carbocycles. The molecule has 0 unspecified atom stereocenters. The van der Waals surface area contributed by atoms with E-state index in [-0.39, 0.29) is 17.9 Å². The standard InChI is InChI=1S/C20H17NO3/c1-13-17(20(23)24)7-4-8-18(13)21-19(22)12-14-9-10-15-5-2-3-6-16(15)11-14/h2-11H,12H2,1H3,(H,21,22)(H,23,24). The number of carboxylic acid groups (broad SMARTS) is 1. The summed E-state index contributed by atoms with van der Waals surface area (Å²) in [5, 5.41) is 14.2. The van der Waals surface area contributed by atoms with Crippen LogP contribution in [0.5, 0.6) is 0 Å². The molecule has 2 N–H and O–H groups in total. The molecule has 1 amide bonds. The van der Waals surface area contributed by atoms with Gasteiger partial charge in [0.15, 0.2) is 0 Å². The van der Waals surface area contributed by atoms with E-state index >= 15 is 0 Å². The number of amides is 1. The Morgan fingerprint density at radius 2 is 1.71 bits per heavy atom. The van der Waals surface area contributed by atoms with Crippen molar-refractivity contribution in [3.8, 4) is 0 Å². The lowest BCUT2D eigenvalue weighted by Crippen LogP contribution is -2.16. The Bertz CT molecular complexity index is 931. The van der Waals surface area contributed by atoms with Gasteiger partial charge in [0, 0.05) is 5.69 Å². The number of anilines is 1. The second-order valence-corrected chi connectivity index (χ2v) is 5.69. The highest BCUT2D eigenvalue weighted by Gasteiger charge is 2.12. The molecular formula is C20H17NO3. The molecule has 0 saturated heterocycles. The van der Waals surface area contributed by atoms with E-state index in [2.05, 4.69) is 5.32 Å². The molecular weight excluding hydrogens is 302 g/mol. The van der Waals surface area contributed by atoms with Crippen LogP contribution in [0.4, 0.5) is 5.69 Å². The summed E-state index contributed by atoms with van der Waals surface area (Å²) in [6.45, 7) is 1.69. The SMILES string of the molecule is Cc1c(NC(=O)Cc2ccc3ccccc3c2)cccc1C(=O)O. The summed E-state index contributed by atoms with van der Waals surface area (Å²) in [6.07, 6.45) is 0.238. The summed E-state index contributed by atoms with van der Waals surface area (Å²) in [4.78, 5) is 23.5. The van der Waals surface area contributed by atoms with E-state index in [1.165, 1.54) is 6.07 Å². The quantitative estimate of drug-likeness (QED) is 0.763. The predicted molar refractivity (Wildman–Crippen MR) is 94.4 cm³/mol. The molecule has 0 radical (unpaired) electrons. The number of hydrogen-bond acceptors (Lipinski definition) is 2. The van der Waals surface area contributed by atoms with Crippen molar-refractivity contribution in [3.63, 3.8) is 0 Å². The number of carboxylic acids is 1. The Balaban J connectivity index is 1.78. The molecule has 4 heteroatoms. The number of carbonyl (C=O) groups excluding carboxylic acids is 1. The lowest BCUT2D eigenvalue weighted by molar-refractivity contribution is -0.115. The minimum atomic E-state index is -1.00. The van der Waals surface area contributed by atoms with Gasteiger partial charge < -0.3 is 10.4 Å². The van der Waals surface area contributed by atoms with Crippen LogP contribution in [-0.4, -0.2) is 17.0 Å². The van der Waals surface area contributed by atoms with Crippen LogP contribution in [0.1, 0.15) is 21.5 Å². The number of rotatable bonds is 4. The van der Waals surface area contributed by atoms with Crippen LogP contribution in [-0.2, 0) is 11.2 Å². The highest BCUT2D eigenvalue weighted by Crippen LogP contribution is 2.20. The molecule has 3 aromatic carbocycles. The first-order valence-electron chi connectivity index (χ1n) is 7.65. The van der Waals surface area contributed by atoms with Gasteiger partial charge in [0.2, 0.25) is 5.91 Å². The van der Waals surface area contributed by atoms with Crippen molar-refractivity contribution in [1.82, 2.24) is 0 Å². The van der Waals surface area contributed by atoms with Gasteiger partial charge in [-0.15, -0.1) is 0 Å². The average molecular weight is 319 g/mol. The van der Waals surface area contributed by atoms with Gasteiger partial charge in [-0.2, -0.15) is 0 Å². The number of hydrogen-bond donors (Lipinski definition) is 2. The predicted octanol–water partition coefficient (Wildman–Crippen LogP) is 4.03. The maximum Gasteiger partial charge on any atom is 0.336 e. The number of benzene rings is 3. The number of fused-ring (bicyclic) bond motifs is 1. The van der Waals surface area contributed by atoms with E-state index in [0.29, 0.717) is 11.3 Å². The lowest BCUT2D eigenvalue weighted by Gasteiger charge is -2.11. The zero-order valence-electron chi connectivity index (χ0n) is 13.2. The highest BCUT2D eigenvalue weighted by atomic mass is 16.4. The largest absolute Gasteiger partial charge is 0.478 e. The minimum Gasteiger partial charge on any atom is -0.478 e. The maximum absolute atomic E-state index is 12.3.